The van der Waals surface area contributed by atoms with Gasteiger partial charge in [0.1, 0.15) is 17.2 Å². The van der Waals surface area contributed by atoms with Gasteiger partial charge in [-0.25, -0.2) is 14.8 Å². The largest absolute Gasteiger partial charge is 0.504 e. The maximum absolute atomic E-state index is 12.9. The molecule has 10 heteroatoms. The number of nitro benzene ring substituents is 1. The molecule has 0 fully saturated rings. The third-order valence-corrected chi connectivity index (χ3v) is 5.96. The van der Waals surface area contributed by atoms with Gasteiger partial charge in [0.15, 0.2) is 17.3 Å². The predicted molar refractivity (Wildman–Crippen MR) is 144 cm³/mol. The van der Waals surface area contributed by atoms with E-state index in [0.717, 1.165) is 0 Å². The molecular formula is C29H18N4O6. The van der Waals surface area contributed by atoms with E-state index in [2.05, 4.69) is 16.0 Å². The van der Waals surface area contributed by atoms with Crippen LogP contribution >= 0.6 is 0 Å². The lowest BCUT2D eigenvalue weighted by atomic mass is 9.98. The standard InChI is InChI=1S/C29H18N4O6/c1-38-27-13-18(8-11-25(27)34)21-14-24(22-12-19-4-2-3-5-26(19)39-29(22)35)32-28(23(21)15-30)31-16-17-6-9-20(10-7-17)33(36)37/h2-14,16,34H,1H3/b31-16+. The molecule has 5 aromatic rings. The molecule has 1 N–H and O–H groups in total. The summed E-state index contributed by atoms with van der Waals surface area (Å²) in [4.78, 5) is 32.3. The number of phenols is 1. The number of nitriles is 1. The van der Waals surface area contributed by atoms with Crippen molar-refractivity contribution in [2.75, 3.05) is 7.11 Å². The number of benzene rings is 3. The van der Waals surface area contributed by atoms with Crippen LogP contribution in [0.3, 0.4) is 0 Å². The molecule has 0 radical (unpaired) electrons. The molecule has 0 bridgehead atoms. The van der Waals surface area contributed by atoms with Gasteiger partial charge in [-0.2, -0.15) is 5.26 Å². The zero-order chi connectivity index (χ0) is 27.5. The molecule has 0 spiro atoms. The number of rotatable bonds is 6. The number of phenolic OH excluding ortho intramolecular Hbond substituents is 1. The molecule has 10 nitrogen and oxygen atoms in total. The van der Waals surface area contributed by atoms with E-state index in [-0.39, 0.29) is 39.8 Å². The van der Waals surface area contributed by atoms with E-state index in [1.807, 2.05) is 6.07 Å². The summed E-state index contributed by atoms with van der Waals surface area (Å²) in [6.07, 6.45) is 1.42. The van der Waals surface area contributed by atoms with E-state index in [1.165, 1.54) is 43.7 Å². The van der Waals surface area contributed by atoms with Gasteiger partial charge >= 0.3 is 5.63 Å². The van der Waals surface area contributed by atoms with Gasteiger partial charge in [-0.1, -0.05) is 24.3 Å². The van der Waals surface area contributed by atoms with Crippen LogP contribution in [0.15, 0.2) is 93.1 Å². The van der Waals surface area contributed by atoms with Crippen LogP contribution in [-0.4, -0.2) is 28.3 Å². The molecule has 5 rings (SSSR count). The first-order chi connectivity index (χ1) is 18.9. The smallest absolute Gasteiger partial charge is 0.345 e. The Hall–Kier alpha value is -5.82. The predicted octanol–water partition coefficient (Wildman–Crippen LogP) is 5.77. The van der Waals surface area contributed by atoms with Crippen LogP contribution in [0.1, 0.15) is 11.1 Å². The van der Waals surface area contributed by atoms with Crippen LogP contribution < -0.4 is 10.4 Å². The van der Waals surface area contributed by atoms with Gasteiger partial charge in [-0.05, 0) is 53.6 Å². The average Bonchev–Trinajstić information content (AvgIpc) is 2.95. The first-order valence-electron chi connectivity index (χ1n) is 11.5. The summed E-state index contributed by atoms with van der Waals surface area (Å²) < 4.78 is 10.7. The summed E-state index contributed by atoms with van der Waals surface area (Å²) in [6.45, 7) is 0. The second-order valence-corrected chi connectivity index (χ2v) is 8.34. The van der Waals surface area contributed by atoms with E-state index in [1.54, 1.807) is 42.5 Å². The molecule has 0 amide bonds. The zero-order valence-electron chi connectivity index (χ0n) is 20.4. The maximum Gasteiger partial charge on any atom is 0.345 e. The molecule has 0 aliphatic carbocycles. The minimum atomic E-state index is -0.620. The second kappa shape index (κ2) is 10.3. The summed E-state index contributed by atoms with van der Waals surface area (Å²) in [7, 11) is 1.40. The molecule has 0 atom stereocenters. The van der Waals surface area contributed by atoms with Crippen molar-refractivity contribution in [2.45, 2.75) is 0 Å². The van der Waals surface area contributed by atoms with Crippen LogP contribution in [0.5, 0.6) is 11.5 Å². The third-order valence-electron chi connectivity index (χ3n) is 5.96. The lowest BCUT2D eigenvalue weighted by molar-refractivity contribution is -0.384. The Morgan fingerprint density at radius 3 is 2.56 bits per heavy atom. The number of non-ortho nitro benzene ring substituents is 1. The summed E-state index contributed by atoms with van der Waals surface area (Å²) in [5.41, 5.74) is 1.65. The Morgan fingerprint density at radius 2 is 1.85 bits per heavy atom. The van der Waals surface area contributed by atoms with E-state index >= 15 is 0 Å². The molecule has 0 unspecified atom stereocenters. The van der Waals surface area contributed by atoms with Crippen LogP contribution in [0.4, 0.5) is 11.5 Å². The Labute approximate surface area is 220 Å². The zero-order valence-corrected chi connectivity index (χ0v) is 20.4. The Morgan fingerprint density at radius 1 is 1.08 bits per heavy atom. The average molecular weight is 518 g/mol. The molecule has 39 heavy (non-hydrogen) atoms. The van der Waals surface area contributed by atoms with Crippen molar-refractivity contribution in [3.05, 3.63) is 111 Å². The number of methoxy groups -OCH3 is 1. The quantitative estimate of drug-likeness (QED) is 0.129. The van der Waals surface area contributed by atoms with Crippen molar-refractivity contribution in [2.24, 2.45) is 4.99 Å². The fraction of sp³-hybridized carbons (Fsp3) is 0.0345. The van der Waals surface area contributed by atoms with Gasteiger partial charge < -0.3 is 14.3 Å². The topological polar surface area (TPSA) is 152 Å². The Kier molecular flexibility index (Phi) is 6.55. The van der Waals surface area contributed by atoms with Crippen LogP contribution in [-0.2, 0) is 0 Å². The number of aromatic nitrogens is 1. The van der Waals surface area contributed by atoms with E-state index in [9.17, 15) is 25.3 Å². The minimum Gasteiger partial charge on any atom is -0.504 e. The Balaban J connectivity index is 1.72. The van der Waals surface area contributed by atoms with Crippen molar-refractivity contribution in [3.8, 4) is 40.0 Å². The number of aromatic hydroxyl groups is 1. The first kappa shape index (κ1) is 24.9. The highest BCUT2D eigenvalue weighted by Gasteiger charge is 2.19. The minimum absolute atomic E-state index is 0.0166. The van der Waals surface area contributed by atoms with Gasteiger partial charge in [0.05, 0.1) is 23.3 Å². The van der Waals surface area contributed by atoms with E-state index in [4.69, 9.17) is 9.15 Å². The van der Waals surface area contributed by atoms with E-state index in [0.29, 0.717) is 27.7 Å². The third kappa shape index (κ3) is 4.92. The van der Waals surface area contributed by atoms with Gasteiger partial charge in [-0.15, -0.1) is 0 Å². The molecule has 2 heterocycles. The normalized spacial score (nSPS) is 11.0. The van der Waals surface area contributed by atoms with Crippen molar-refractivity contribution in [3.63, 3.8) is 0 Å². The van der Waals surface area contributed by atoms with Gasteiger partial charge in [0.25, 0.3) is 5.69 Å². The number of nitrogens with zero attached hydrogens (tertiary/aromatic N) is 4. The van der Waals surface area contributed by atoms with Gasteiger partial charge in [-0.3, -0.25) is 10.1 Å². The number of aliphatic imine (C=N–C) groups is 1. The van der Waals surface area contributed by atoms with Crippen molar-refractivity contribution >= 4 is 28.7 Å². The molecule has 0 saturated carbocycles. The van der Waals surface area contributed by atoms with Gasteiger partial charge in [0.2, 0.25) is 0 Å². The highest BCUT2D eigenvalue weighted by molar-refractivity contribution is 5.87. The highest BCUT2D eigenvalue weighted by Crippen LogP contribution is 2.37. The van der Waals surface area contributed by atoms with Crippen molar-refractivity contribution in [1.29, 1.82) is 5.26 Å². The number of pyridine rings is 1. The van der Waals surface area contributed by atoms with Crippen LogP contribution in [0.25, 0.3) is 33.4 Å². The molecule has 0 aliphatic rings. The molecule has 2 aromatic heterocycles. The fourth-order valence-electron chi connectivity index (χ4n) is 4.00. The van der Waals surface area contributed by atoms with Crippen LogP contribution in [0.2, 0.25) is 0 Å². The SMILES string of the molecule is COc1cc(-c2cc(-c3cc4ccccc4oc3=O)nc(/N=C/c3ccc([N+](=O)[O-])cc3)c2C#N)ccc1O. The molecule has 190 valence electrons. The molecule has 0 saturated heterocycles. The lowest BCUT2D eigenvalue weighted by Crippen LogP contribution is -2.05. The Bertz CT molecular complexity index is 1870. The summed E-state index contributed by atoms with van der Waals surface area (Å²) >= 11 is 0. The van der Waals surface area contributed by atoms with Crippen molar-refractivity contribution in [1.82, 2.24) is 4.98 Å². The monoisotopic (exact) mass is 518 g/mol. The number of fused-ring (bicyclic) bond motifs is 1. The first-order valence-corrected chi connectivity index (χ1v) is 11.5. The second-order valence-electron chi connectivity index (χ2n) is 8.34. The number of nitro groups is 1. The van der Waals surface area contributed by atoms with Gasteiger partial charge in [0, 0.05) is 29.3 Å². The van der Waals surface area contributed by atoms with Crippen LogP contribution in [0, 0.1) is 21.4 Å². The number of ether oxygens (including phenoxy) is 1. The number of hydrogen-bond donors (Lipinski definition) is 1. The number of para-hydroxylation sites is 1. The molecule has 0 aliphatic heterocycles. The summed E-state index contributed by atoms with van der Waals surface area (Å²) in [5, 5.41) is 31.8. The summed E-state index contributed by atoms with van der Waals surface area (Å²) in [6, 6.07) is 22.7. The van der Waals surface area contributed by atoms with E-state index < -0.39 is 10.5 Å². The van der Waals surface area contributed by atoms with Crippen molar-refractivity contribution < 1.29 is 19.2 Å². The highest BCUT2D eigenvalue weighted by atomic mass is 16.6. The lowest BCUT2D eigenvalue weighted by Gasteiger charge is -2.12. The summed E-state index contributed by atoms with van der Waals surface area (Å²) in [5.74, 6) is 0.125. The molecule has 3 aromatic carbocycles. The maximum atomic E-state index is 12.9. The fourth-order valence-corrected chi connectivity index (χ4v) is 4.00. The molecular weight excluding hydrogens is 500 g/mol. The number of hydrogen-bond acceptors (Lipinski definition) is 9.